The number of esters is 1. The van der Waals surface area contributed by atoms with Crippen LogP contribution in [0.4, 0.5) is 0 Å². The summed E-state index contributed by atoms with van der Waals surface area (Å²) in [6.07, 6.45) is 3.03. The summed E-state index contributed by atoms with van der Waals surface area (Å²) in [5.74, 6) is -1.40. The van der Waals surface area contributed by atoms with Crippen LogP contribution in [-0.4, -0.2) is 28.7 Å². The first-order valence-corrected chi connectivity index (χ1v) is 5.07. The Labute approximate surface area is 95.3 Å². The average Bonchev–Trinajstić information content (AvgIpc) is 1.98. The van der Waals surface area contributed by atoms with E-state index < -0.39 is 23.6 Å². The van der Waals surface area contributed by atoms with Crippen molar-refractivity contribution in [1.29, 1.82) is 0 Å². The van der Waals surface area contributed by atoms with Gasteiger partial charge >= 0.3 is 11.9 Å². The van der Waals surface area contributed by atoms with Gasteiger partial charge in [-0.15, -0.1) is 0 Å². The van der Waals surface area contributed by atoms with Crippen molar-refractivity contribution >= 4 is 11.9 Å². The lowest BCUT2D eigenvalue weighted by Crippen LogP contribution is -2.24. The van der Waals surface area contributed by atoms with E-state index in [0.717, 1.165) is 0 Å². The molecule has 0 unspecified atom stereocenters. The molecule has 0 heterocycles. The number of carboxylic acids is 1. The van der Waals surface area contributed by atoms with Gasteiger partial charge in [-0.25, -0.2) is 4.79 Å². The molecule has 0 saturated heterocycles. The first-order valence-electron chi connectivity index (χ1n) is 5.07. The number of carbonyl (C=O) groups excluding carboxylic acids is 1. The normalized spacial score (nSPS) is 13.8. The Morgan fingerprint density at radius 1 is 1.44 bits per heavy atom. The van der Waals surface area contributed by atoms with Crippen molar-refractivity contribution in [3.63, 3.8) is 0 Å². The molecule has 0 aliphatic heterocycles. The fourth-order valence-electron chi connectivity index (χ4n) is 0.982. The average molecular weight is 229 g/mol. The maximum absolute atomic E-state index is 11.2. The molecule has 5 heteroatoms. The minimum absolute atomic E-state index is 0.112. The minimum atomic E-state index is -0.946. The van der Waals surface area contributed by atoms with Crippen LogP contribution in [-0.2, 0) is 14.3 Å². The largest absolute Gasteiger partial charge is 0.481 e. The molecular formula is C11H19NO4. The van der Waals surface area contributed by atoms with Gasteiger partial charge in [0.25, 0.3) is 0 Å². The predicted molar refractivity (Wildman–Crippen MR) is 59.8 cm³/mol. The number of hydrogen-bond donors (Lipinski definition) is 2. The number of hydrogen-bond acceptors (Lipinski definition) is 4. The van der Waals surface area contributed by atoms with E-state index in [4.69, 9.17) is 15.6 Å². The highest BCUT2D eigenvalue weighted by Gasteiger charge is 2.14. The number of nitrogens with two attached hydrogens (primary N) is 1. The van der Waals surface area contributed by atoms with Gasteiger partial charge in [0.05, 0.1) is 6.42 Å². The van der Waals surface area contributed by atoms with Crippen LogP contribution >= 0.6 is 0 Å². The Hall–Kier alpha value is -1.36. The molecule has 92 valence electrons. The van der Waals surface area contributed by atoms with Crippen molar-refractivity contribution in [1.82, 2.24) is 0 Å². The first kappa shape index (κ1) is 14.6. The number of aliphatic carboxylic acids is 1. The van der Waals surface area contributed by atoms with Crippen LogP contribution in [0.2, 0.25) is 0 Å². The molecule has 0 saturated carbocycles. The summed E-state index contributed by atoms with van der Waals surface area (Å²) in [4.78, 5) is 21.5. The second kappa shape index (κ2) is 6.27. The smallest absolute Gasteiger partial charge is 0.330 e. The predicted octanol–water partition coefficient (Wildman–Crippen LogP) is 1.08. The van der Waals surface area contributed by atoms with E-state index in [9.17, 15) is 9.59 Å². The standard InChI is InChI=1S/C11H19NO4/c1-11(2,3)16-10(15)6-4-5-8(12)7-9(13)14/h4,6,8H,5,7,12H2,1-3H3,(H,13,14)/b6-4+/t8-/m0/s1. The van der Waals surface area contributed by atoms with Gasteiger partial charge in [-0.2, -0.15) is 0 Å². The van der Waals surface area contributed by atoms with E-state index in [1.54, 1.807) is 20.8 Å². The molecule has 0 fully saturated rings. The molecule has 0 radical (unpaired) electrons. The topological polar surface area (TPSA) is 89.6 Å². The van der Waals surface area contributed by atoms with Gasteiger partial charge < -0.3 is 15.6 Å². The molecule has 0 aromatic heterocycles. The van der Waals surface area contributed by atoms with Crippen molar-refractivity contribution in [2.24, 2.45) is 5.73 Å². The second-order valence-electron chi connectivity index (χ2n) is 4.53. The molecule has 0 aromatic rings. The molecule has 16 heavy (non-hydrogen) atoms. The maximum atomic E-state index is 11.2. The highest BCUT2D eigenvalue weighted by atomic mass is 16.6. The molecular weight excluding hydrogens is 210 g/mol. The fraction of sp³-hybridized carbons (Fsp3) is 0.636. The quantitative estimate of drug-likeness (QED) is 0.543. The Morgan fingerprint density at radius 3 is 2.44 bits per heavy atom. The summed E-state index contributed by atoms with van der Waals surface area (Å²) in [6.45, 7) is 5.32. The number of carboxylic acid groups (broad SMARTS) is 1. The molecule has 0 aliphatic carbocycles. The molecule has 0 aromatic carbocycles. The summed E-state index contributed by atoms with van der Waals surface area (Å²) in [5, 5.41) is 8.45. The van der Waals surface area contributed by atoms with Crippen LogP contribution in [0, 0.1) is 0 Å². The van der Waals surface area contributed by atoms with E-state index in [0.29, 0.717) is 6.42 Å². The van der Waals surface area contributed by atoms with E-state index in [2.05, 4.69) is 0 Å². The monoisotopic (exact) mass is 229 g/mol. The van der Waals surface area contributed by atoms with E-state index in [1.165, 1.54) is 12.2 Å². The third-order valence-electron chi connectivity index (χ3n) is 1.54. The van der Waals surface area contributed by atoms with Crippen molar-refractivity contribution in [3.8, 4) is 0 Å². The molecule has 0 bridgehead atoms. The summed E-state index contributed by atoms with van der Waals surface area (Å²) >= 11 is 0. The third kappa shape index (κ3) is 9.21. The lowest BCUT2D eigenvalue weighted by molar-refractivity contribution is -0.148. The molecule has 3 N–H and O–H groups in total. The number of rotatable bonds is 5. The van der Waals surface area contributed by atoms with Crippen molar-refractivity contribution < 1.29 is 19.4 Å². The van der Waals surface area contributed by atoms with Gasteiger partial charge in [0.15, 0.2) is 0 Å². The summed E-state index contributed by atoms with van der Waals surface area (Å²) in [7, 11) is 0. The second-order valence-corrected chi connectivity index (χ2v) is 4.53. The highest BCUT2D eigenvalue weighted by Crippen LogP contribution is 2.07. The van der Waals surface area contributed by atoms with Gasteiger partial charge in [-0.1, -0.05) is 6.08 Å². The van der Waals surface area contributed by atoms with Crippen LogP contribution in [0.3, 0.4) is 0 Å². The maximum Gasteiger partial charge on any atom is 0.330 e. The Balaban J connectivity index is 3.92. The van der Waals surface area contributed by atoms with Crippen LogP contribution in [0.5, 0.6) is 0 Å². The zero-order valence-corrected chi connectivity index (χ0v) is 9.90. The molecule has 0 aliphatic rings. The van der Waals surface area contributed by atoms with Crippen LogP contribution < -0.4 is 5.73 Å². The van der Waals surface area contributed by atoms with Crippen molar-refractivity contribution in [3.05, 3.63) is 12.2 Å². The minimum Gasteiger partial charge on any atom is -0.481 e. The number of carbonyl (C=O) groups is 2. The first-order chi connectivity index (χ1) is 7.20. The van der Waals surface area contributed by atoms with Gasteiger partial charge in [0.2, 0.25) is 0 Å². The molecule has 5 nitrogen and oxygen atoms in total. The summed E-state index contributed by atoms with van der Waals surface area (Å²) in [6, 6.07) is -0.476. The van der Waals surface area contributed by atoms with E-state index in [-0.39, 0.29) is 6.42 Å². The molecule has 1 atom stereocenters. The molecule has 0 spiro atoms. The highest BCUT2D eigenvalue weighted by molar-refractivity contribution is 5.82. The SMILES string of the molecule is CC(C)(C)OC(=O)/C=C/C[C@H](N)CC(=O)O. The summed E-state index contributed by atoms with van der Waals surface area (Å²) < 4.78 is 5.02. The lowest BCUT2D eigenvalue weighted by atomic mass is 10.1. The Bertz CT molecular complexity index is 278. The van der Waals surface area contributed by atoms with Crippen LogP contribution in [0.25, 0.3) is 0 Å². The van der Waals surface area contributed by atoms with Gasteiger partial charge in [-0.3, -0.25) is 4.79 Å². The van der Waals surface area contributed by atoms with Crippen molar-refractivity contribution in [2.75, 3.05) is 0 Å². The van der Waals surface area contributed by atoms with Gasteiger partial charge in [0, 0.05) is 12.1 Å². The van der Waals surface area contributed by atoms with Gasteiger partial charge in [0.1, 0.15) is 5.60 Å². The lowest BCUT2D eigenvalue weighted by Gasteiger charge is -2.17. The molecule has 0 rings (SSSR count). The van der Waals surface area contributed by atoms with Crippen molar-refractivity contribution in [2.45, 2.75) is 45.3 Å². The van der Waals surface area contributed by atoms with Crippen LogP contribution in [0.1, 0.15) is 33.6 Å². The Kier molecular flexibility index (Phi) is 5.74. The van der Waals surface area contributed by atoms with E-state index in [1.807, 2.05) is 0 Å². The Morgan fingerprint density at radius 2 is 2.00 bits per heavy atom. The zero-order valence-electron chi connectivity index (χ0n) is 9.90. The molecule has 0 amide bonds. The van der Waals surface area contributed by atoms with Crippen LogP contribution in [0.15, 0.2) is 12.2 Å². The third-order valence-corrected chi connectivity index (χ3v) is 1.54. The van der Waals surface area contributed by atoms with Gasteiger partial charge in [-0.05, 0) is 27.2 Å². The zero-order chi connectivity index (χ0) is 12.8. The van der Waals surface area contributed by atoms with E-state index >= 15 is 0 Å². The number of ether oxygens (including phenoxy) is 1. The summed E-state index contributed by atoms with van der Waals surface area (Å²) in [5.41, 5.74) is 4.98. The fourth-order valence-corrected chi connectivity index (χ4v) is 0.982.